The van der Waals surface area contributed by atoms with Crippen LogP contribution in [0, 0.1) is 6.92 Å². The molecule has 0 spiro atoms. The maximum absolute atomic E-state index is 5.98. The maximum atomic E-state index is 5.98. The van der Waals surface area contributed by atoms with Crippen LogP contribution in [-0.2, 0) is 0 Å². The van der Waals surface area contributed by atoms with E-state index < -0.39 is 0 Å². The number of nitrogen functional groups attached to an aromatic ring is 1. The molecule has 96 valence electrons. The number of anilines is 1. The molecule has 0 amide bonds. The van der Waals surface area contributed by atoms with Crippen molar-refractivity contribution < 1.29 is 4.42 Å². The van der Waals surface area contributed by atoms with E-state index in [1.54, 1.807) is 12.5 Å². The summed E-state index contributed by atoms with van der Waals surface area (Å²) in [4.78, 5) is 4.21. The van der Waals surface area contributed by atoms with Crippen molar-refractivity contribution in [1.82, 2.24) is 10.3 Å². The minimum absolute atomic E-state index is 0.0349. The molecule has 0 saturated heterocycles. The molecular formula is C14H19N3O. The van der Waals surface area contributed by atoms with Crippen LogP contribution < -0.4 is 11.1 Å². The van der Waals surface area contributed by atoms with Gasteiger partial charge in [-0.05, 0) is 43.7 Å². The first-order chi connectivity index (χ1) is 8.72. The van der Waals surface area contributed by atoms with Crippen LogP contribution in [0.1, 0.15) is 36.3 Å². The fourth-order valence-corrected chi connectivity index (χ4v) is 1.94. The highest BCUT2D eigenvalue weighted by atomic mass is 16.3. The molecule has 18 heavy (non-hydrogen) atoms. The van der Waals surface area contributed by atoms with Gasteiger partial charge in [0.05, 0.1) is 12.3 Å². The molecule has 3 N–H and O–H groups in total. The summed E-state index contributed by atoms with van der Waals surface area (Å²) in [6, 6.07) is 5.86. The van der Waals surface area contributed by atoms with Gasteiger partial charge < -0.3 is 15.5 Å². The van der Waals surface area contributed by atoms with Crippen LogP contribution in [0.3, 0.4) is 0 Å². The van der Waals surface area contributed by atoms with Gasteiger partial charge in [0.15, 0.2) is 0 Å². The Balaban J connectivity index is 2.36. The van der Waals surface area contributed by atoms with Crippen molar-refractivity contribution in [2.24, 2.45) is 0 Å². The Morgan fingerprint density at radius 3 is 3.00 bits per heavy atom. The van der Waals surface area contributed by atoms with Crippen LogP contribution in [0.25, 0.3) is 0 Å². The summed E-state index contributed by atoms with van der Waals surface area (Å²) in [5.41, 5.74) is 8.04. The van der Waals surface area contributed by atoms with Gasteiger partial charge in [-0.2, -0.15) is 0 Å². The van der Waals surface area contributed by atoms with Crippen molar-refractivity contribution in [2.45, 2.75) is 26.3 Å². The number of nitrogens with one attached hydrogen (secondary N) is 1. The van der Waals surface area contributed by atoms with Crippen molar-refractivity contribution in [1.29, 1.82) is 0 Å². The topological polar surface area (TPSA) is 64.1 Å². The molecular weight excluding hydrogens is 226 g/mol. The van der Waals surface area contributed by atoms with Gasteiger partial charge in [-0.1, -0.05) is 6.92 Å². The van der Waals surface area contributed by atoms with E-state index in [-0.39, 0.29) is 6.04 Å². The molecule has 0 radical (unpaired) electrons. The molecule has 4 heteroatoms. The predicted molar refractivity (Wildman–Crippen MR) is 72.2 cm³/mol. The molecule has 0 aliphatic rings. The summed E-state index contributed by atoms with van der Waals surface area (Å²) >= 11 is 0. The number of hydrogen-bond acceptors (Lipinski definition) is 4. The van der Waals surface area contributed by atoms with Crippen LogP contribution >= 0.6 is 0 Å². The Bertz CT molecular complexity index is 494. The Labute approximate surface area is 107 Å². The number of rotatable bonds is 5. The van der Waals surface area contributed by atoms with E-state index in [1.165, 1.54) is 0 Å². The second-order valence-electron chi connectivity index (χ2n) is 4.39. The van der Waals surface area contributed by atoms with Gasteiger partial charge in [0.25, 0.3) is 0 Å². The lowest BCUT2D eigenvalue weighted by Crippen LogP contribution is -2.24. The molecule has 0 aliphatic heterocycles. The van der Waals surface area contributed by atoms with Crippen molar-refractivity contribution in [2.75, 3.05) is 12.3 Å². The molecule has 2 rings (SSSR count). The first kappa shape index (κ1) is 12.6. The molecule has 2 aromatic rings. The minimum atomic E-state index is -0.0349. The average Bonchev–Trinajstić information content (AvgIpc) is 2.88. The van der Waals surface area contributed by atoms with Gasteiger partial charge in [0, 0.05) is 11.8 Å². The smallest absolute Gasteiger partial charge is 0.128 e. The largest absolute Gasteiger partial charge is 0.467 e. The molecule has 1 atom stereocenters. The van der Waals surface area contributed by atoms with Gasteiger partial charge in [0.2, 0.25) is 0 Å². The standard InChI is InChI=1S/C14H19N3O/c1-3-6-16-13(12-5-4-7-18-12)11-8-10(2)9-17-14(11)15/h4-5,7-9,13,16H,3,6H2,1-2H3,(H2,15,17). The van der Waals surface area contributed by atoms with E-state index in [9.17, 15) is 0 Å². The summed E-state index contributed by atoms with van der Waals surface area (Å²) in [6.07, 6.45) is 4.50. The lowest BCUT2D eigenvalue weighted by Gasteiger charge is -2.18. The van der Waals surface area contributed by atoms with Gasteiger partial charge in [-0.25, -0.2) is 4.98 Å². The lowest BCUT2D eigenvalue weighted by atomic mass is 10.0. The summed E-state index contributed by atoms with van der Waals surface area (Å²) in [7, 11) is 0. The van der Waals surface area contributed by atoms with Gasteiger partial charge >= 0.3 is 0 Å². The third-order valence-electron chi connectivity index (χ3n) is 2.82. The minimum Gasteiger partial charge on any atom is -0.467 e. The average molecular weight is 245 g/mol. The number of furan rings is 1. The Hall–Kier alpha value is -1.81. The first-order valence-electron chi connectivity index (χ1n) is 6.21. The molecule has 0 aromatic carbocycles. The number of pyridine rings is 1. The van der Waals surface area contributed by atoms with Gasteiger partial charge in [0.1, 0.15) is 11.6 Å². The zero-order chi connectivity index (χ0) is 13.0. The second-order valence-corrected chi connectivity index (χ2v) is 4.39. The molecule has 0 aliphatic carbocycles. The van der Waals surface area contributed by atoms with E-state index in [4.69, 9.17) is 10.2 Å². The summed E-state index contributed by atoms with van der Waals surface area (Å²) in [5, 5.41) is 3.44. The fourth-order valence-electron chi connectivity index (χ4n) is 1.94. The van der Waals surface area contributed by atoms with E-state index >= 15 is 0 Å². The Morgan fingerprint density at radius 2 is 2.33 bits per heavy atom. The van der Waals surface area contributed by atoms with Gasteiger partial charge in [-0.15, -0.1) is 0 Å². The highest BCUT2D eigenvalue weighted by molar-refractivity contribution is 5.45. The van der Waals surface area contributed by atoms with E-state index in [2.05, 4.69) is 23.3 Å². The summed E-state index contributed by atoms with van der Waals surface area (Å²) in [6.45, 7) is 5.04. The van der Waals surface area contributed by atoms with Crippen LogP contribution in [0.2, 0.25) is 0 Å². The van der Waals surface area contributed by atoms with Crippen LogP contribution in [0.4, 0.5) is 5.82 Å². The summed E-state index contributed by atoms with van der Waals surface area (Å²) < 4.78 is 5.50. The fraction of sp³-hybridized carbons (Fsp3) is 0.357. The maximum Gasteiger partial charge on any atom is 0.128 e. The lowest BCUT2D eigenvalue weighted by molar-refractivity contribution is 0.446. The molecule has 0 fully saturated rings. The van der Waals surface area contributed by atoms with Crippen LogP contribution in [0.5, 0.6) is 0 Å². The van der Waals surface area contributed by atoms with E-state index in [1.807, 2.05) is 19.1 Å². The van der Waals surface area contributed by atoms with Crippen molar-refractivity contribution >= 4 is 5.82 Å². The summed E-state index contributed by atoms with van der Waals surface area (Å²) in [5.74, 6) is 1.41. The highest BCUT2D eigenvalue weighted by Gasteiger charge is 2.19. The Kier molecular flexibility index (Phi) is 3.99. The molecule has 4 nitrogen and oxygen atoms in total. The predicted octanol–water partition coefficient (Wildman–Crippen LogP) is 2.65. The quantitative estimate of drug-likeness (QED) is 0.850. The van der Waals surface area contributed by atoms with Crippen LogP contribution in [0.15, 0.2) is 35.1 Å². The Morgan fingerprint density at radius 1 is 1.50 bits per heavy atom. The molecule has 1 unspecified atom stereocenters. The number of aryl methyl sites for hydroxylation is 1. The van der Waals surface area contributed by atoms with E-state index in [0.717, 1.165) is 29.9 Å². The SMILES string of the molecule is CCCNC(c1ccco1)c1cc(C)cnc1N. The molecule has 2 aromatic heterocycles. The zero-order valence-electron chi connectivity index (χ0n) is 10.8. The van der Waals surface area contributed by atoms with Gasteiger partial charge in [-0.3, -0.25) is 0 Å². The zero-order valence-corrected chi connectivity index (χ0v) is 10.8. The number of nitrogens with zero attached hydrogens (tertiary/aromatic N) is 1. The third-order valence-corrected chi connectivity index (χ3v) is 2.82. The number of aromatic nitrogens is 1. The van der Waals surface area contributed by atoms with E-state index in [0.29, 0.717) is 5.82 Å². The first-order valence-corrected chi connectivity index (χ1v) is 6.21. The third kappa shape index (κ3) is 2.71. The van der Waals surface area contributed by atoms with Crippen molar-refractivity contribution in [3.05, 3.63) is 47.5 Å². The van der Waals surface area contributed by atoms with Crippen molar-refractivity contribution in [3.63, 3.8) is 0 Å². The highest BCUT2D eigenvalue weighted by Crippen LogP contribution is 2.26. The second kappa shape index (κ2) is 5.69. The van der Waals surface area contributed by atoms with Crippen LogP contribution in [-0.4, -0.2) is 11.5 Å². The molecule has 0 saturated carbocycles. The number of hydrogen-bond donors (Lipinski definition) is 2. The number of nitrogens with two attached hydrogens (primary N) is 1. The molecule has 2 heterocycles. The van der Waals surface area contributed by atoms with Crippen molar-refractivity contribution in [3.8, 4) is 0 Å². The monoisotopic (exact) mass is 245 g/mol. The molecule has 0 bridgehead atoms. The normalized spacial score (nSPS) is 12.6.